The zero-order valence-electron chi connectivity index (χ0n) is 16.3. The molecule has 10 nitrogen and oxygen atoms in total. The molecular weight excluding hydrogens is 394 g/mol. The number of fused-ring (bicyclic) bond motifs is 2. The molecule has 29 heavy (non-hydrogen) atoms. The lowest BCUT2D eigenvalue weighted by atomic mass is 10.3. The van der Waals surface area contributed by atoms with Gasteiger partial charge in [0.2, 0.25) is 5.95 Å². The van der Waals surface area contributed by atoms with Crippen molar-refractivity contribution in [2.75, 3.05) is 11.9 Å². The van der Waals surface area contributed by atoms with Gasteiger partial charge in [0, 0.05) is 32.3 Å². The van der Waals surface area contributed by atoms with Gasteiger partial charge in [-0.05, 0) is 13.3 Å². The van der Waals surface area contributed by atoms with Gasteiger partial charge >= 0.3 is 0 Å². The average Bonchev–Trinajstić information content (AvgIpc) is 3.31. The Morgan fingerprint density at radius 2 is 2.14 bits per heavy atom. The minimum atomic E-state index is 0.402. The zero-order valence-corrected chi connectivity index (χ0v) is 17.1. The molecule has 0 atom stereocenters. The van der Waals surface area contributed by atoms with E-state index in [1.54, 1.807) is 15.6 Å². The molecule has 11 heteroatoms. The Hall–Kier alpha value is -3.14. The summed E-state index contributed by atoms with van der Waals surface area (Å²) in [5, 5.41) is 18.0. The Bertz CT molecular complexity index is 1220. The van der Waals surface area contributed by atoms with E-state index >= 15 is 0 Å². The molecule has 4 aromatic heterocycles. The van der Waals surface area contributed by atoms with E-state index < -0.39 is 0 Å². The molecular formula is C18H20ClN9O. The third kappa shape index (κ3) is 2.91. The van der Waals surface area contributed by atoms with Gasteiger partial charge in [-0.2, -0.15) is 15.2 Å². The van der Waals surface area contributed by atoms with Crippen LogP contribution in [0.2, 0.25) is 5.15 Å². The first-order valence-electron chi connectivity index (χ1n) is 9.47. The normalized spacial score (nSPS) is 13.8. The first kappa shape index (κ1) is 17.9. The van der Waals surface area contributed by atoms with Gasteiger partial charge in [0.1, 0.15) is 5.69 Å². The van der Waals surface area contributed by atoms with Crippen LogP contribution >= 0.6 is 11.6 Å². The van der Waals surface area contributed by atoms with E-state index in [4.69, 9.17) is 21.4 Å². The average molecular weight is 414 g/mol. The molecule has 5 rings (SSSR count). The maximum absolute atomic E-state index is 6.23. The predicted molar refractivity (Wildman–Crippen MR) is 108 cm³/mol. The second-order valence-corrected chi connectivity index (χ2v) is 7.29. The monoisotopic (exact) mass is 413 g/mol. The largest absolute Gasteiger partial charge is 0.475 e. The second kappa shape index (κ2) is 6.73. The van der Waals surface area contributed by atoms with E-state index in [-0.39, 0.29) is 0 Å². The van der Waals surface area contributed by atoms with Gasteiger partial charge in [-0.3, -0.25) is 4.68 Å². The number of rotatable bonds is 2. The number of hydrogen-bond donors (Lipinski definition) is 1. The van der Waals surface area contributed by atoms with Gasteiger partial charge in [-0.25, -0.2) is 14.3 Å². The van der Waals surface area contributed by atoms with E-state index in [2.05, 4.69) is 32.4 Å². The SMILES string of the molecule is CCc1c2c(nn1-c1cc(C)nn1C)OCCCn1nc(Cl)c3cnc(nc31)N2. The Kier molecular flexibility index (Phi) is 4.16. The van der Waals surface area contributed by atoms with Crippen molar-refractivity contribution in [3.63, 3.8) is 0 Å². The van der Waals surface area contributed by atoms with Crippen molar-refractivity contribution < 1.29 is 4.74 Å². The number of nitrogens with one attached hydrogen (secondary N) is 1. The summed E-state index contributed by atoms with van der Waals surface area (Å²) in [6.45, 7) is 5.15. The third-order valence-electron chi connectivity index (χ3n) is 4.91. The molecule has 0 amide bonds. The molecule has 4 aromatic rings. The van der Waals surface area contributed by atoms with Crippen LogP contribution in [0.4, 0.5) is 11.6 Å². The first-order chi connectivity index (χ1) is 14.0. The zero-order chi connectivity index (χ0) is 20.1. The van der Waals surface area contributed by atoms with E-state index in [0.717, 1.165) is 41.1 Å². The standard InChI is InChI=1S/C18H20ClN9O/c1-4-12-14-17(25-28(12)13-8-10(2)23-26(13)3)29-7-5-6-27-16-11(15(19)24-27)9-20-18(21-14)22-16/h8-9H,4-7H2,1-3H3,(H,20,21,22). The van der Waals surface area contributed by atoms with E-state index in [0.29, 0.717) is 35.8 Å². The highest BCUT2D eigenvalue weighted by Crippen LogP contribution is 2.34. The number of hydrogen-bond acceptors (Lipinski definition) is 7. The number of aromatic nitrogens is 8. The highest BCUT2D eigenvalue weighted by atomic mass is 35.5. The molecule has 0 aliphatic carbocycles. The van der Waals surface area contributed by atoms with Crippen molar-refractivity contribution in [2.45, 2.75) is 33.2 Å². The third-order valence-corrected chi connectivity index (χ3v) is 5.19. The number of aryl methyl sites for hydroxylation is 3. The van der Waals surface area contributed by atoms with E-state index in [1.165, 1.54) is 0 Å². The van der Waals surface area contributed by atoms with Crippen LogP contribution in [0.3, 0.4) is 0 Å². The fraction of sp³-hybridized carbons (Fsp3) is 0.389. The molecule has 150 valence electrons. The Labute approximate surface area is 171 Å². The summed E-state index contributed by atoms with van der Waals surface area (Å²) in [6.07, 6.45) is 3.16. The van der Waals surface area contributed by atoms with Crippen LogP contribution in [0.15, 0.2) is 12.3 Å². The summed E-state index contributed by atoms with van der Waals surface area (Å²) in [4.78, 5) is 9.06. The molecule has 1 N–H and O–H groups in total. The van der Waals surface area contributed by atoms with Gasteiger partial charge in [0.15, 0.2) is 16.6 Å². The van der Waals surface area contributed by atoms with Gasteiger partial charge in [0.05, 0.1) is 23.4 Å². The summed E-state index contributed by atoms with van der Waals surface area (Å²) in [5.74, 6) is 1.82. The van der Waals surface area contributed by atoms with E-state index in [9.17, 15) is 0 Å². The topological polar surface area (TPSA) is 101 Å². The van der Waals surface area contributed by atoms with Crippen LogP contribution in [0.1, 0.15) is 24.7 Å². The maximum Gasteiger partial charge on any atom is 0.257 e. The fourth-order valence-corrected chi connectivity index (χ4v) is 3.83. The van der Waals surface area contributed by atoms with Crippen molar-refractivity contribution in [1.29, 1.82) is 0 Å². The van der Waals surface area contributed by atoms with Crippen LogP contribution < -0.4 is 10.1 Å². The molecule has 0 unspecified atom stereocenters. The van der Waals surface area contributed by atoms with E-state index in [1.807, 2.05) is 24.7 Å². The van der Waals surface area contributed by atoms with Gasteiger partial charge in [-0.1, -0.05) is 18.5 Å². The highest BCUT2D eigenvalue weighted by Gasteiger charge is 2.23. The molecule has 0 aromatic carbocycles. The summed E-state index contributed by atoms with van der Waals surface area (Å²) >= 11 is 6.23. The van der Waals surface area contributed by atoms with Crippen molar-refractivity contribution in [1.82, 2.24) is 39.3 Å². The van der Waals surface area contributed by atoms with Crippen molar-refractivity contribution in [3.8, 4) is 11.7 Å². The molecule has 2 bridgehead atoms. The molecule has 1 aliphatic heterocycles. The van der Waals surface area contributed by atoms with Crippen molar-refractivity contribution in [3.05, 3.63) is 28.8 Å². The number of halogens is 1. The smallest absolute Gasteiger partial charge is 0.257 e. The Morgan fingerprint density at radius 1 is 1.28 bits per heavy atom. The number of ether oxygens (including phenoxy) is 1. The minimum absolute atomic E-state index is 0.402. The molecule has 0 fully saturated rings. The Balaban J connectivity index is 1.67. The summed E-state index contributed by atoms with van der Waals surface area (Å²) in [6, 6.07) is 1.99. The van der Waals surface area contributed by atoms with Crippen LogP contribution in [-0.4, -0.2) is 45.9 Å². The van der Waals surface area contributed by atoms with Gasteiger partial charge in [0.25, 0.3) is 5.88 Å². The fourth-order valence-electron chi connectivity index (χ4n) is 3.60. The van der Waals surface area contributed by atoms with Crippen molar-refractivity contribution >= 4 is 34.3 Å². The first-order valence-corrected chi connectivity index (χ1v) is 9.84. The number of anilines is 2. The lowest BCUT2D eigenvalue weighted by Crippen LogP contribution is -2.09. The van der Waals surface area contributed by atoms with Gasteiger partial charge in [-0.15, -0.1) is 5.10 Å². The molecule has 0 saturated carbocycles. The molecule has 0 saturated heterocycles. The highest BCUT2D eigenvalue weighted by molar-refractivity contribution is 6.34. The minimum Gasteiger partial charge on any atom is -0.475 e. The lowest BCUT2D eigenvalue weighted by molar-refractivity contribution is 0.288. The predicted octanol–water partition coefficient (Wildman–Crippen LogP) is 2.80. The molecule has 5 heterocycles. The number of nitrogens with zero attached hydrogens (tertiary/aromatic N) is 8. The van der Waals surface area contributed by atoms with Gasteiger partial charge < -0.3 is 10.1 Å². The van der Waals surface area contributed by atoms with Crippen LogP contribution in [0.5, 0.6) is 5.88 Å². The summed E-state index contributed by atoms with van der Waals surface area (Å²) < 4.78 is 11.5. The molecule has 1 aliphatic rings. The summed E-state index contributed by atoms with van der Waals surface area (Å²) in [5.41, 5.74) is 3.33. The molecule has 0 spiro atoms. The lowest BCUT2D eigenvalue weighted by Gasteiger charge is -2.09. The van der Waals surface area contributed by atoms with Crippen LogP contribution in [0.25, 0.3) is 16.9 Å². The van der Waals surface area contributed by atoms with Crippen molar-refractivity contribution in [2.24, 2.45) is 7.05 Å². The summed E-state index contributed by atoms with van der Waals surface area (Å²) in [7, 11) is 1.90. The second-order valence-electron chi connectivity index (χ2n) is 6.93. The van der Waals surface area contributed by atoms with Crippen LogP contribution in [-0.2, 0) is 20.0 Å². The Morgan fingerprint density at radius 3 is 2.90 bits per heavy atom. The molecule has 0 radical (unpaired) electrons. The van der Waals surface area contributed by atoms with Crippen LogP contribution in [0, 0.1) is 6.92 Å². The maximum atomic E-state index is 6.23. The quantitative estimate of drug-likeness (QED) is 0.539.